The van der Waals surface area contributed by atoms with Gasteiger partial charge in [-0.05, 0) is 50.3 Å². The largest absolute Gasteiger partial charge is 0.451 e. The Morgan fingerprint density at radius 3 is 2.61 bits per heavy atom. The first-order chi connectivity index (χ1) is 18.1. The van der Waals surface area contributed by atoms with Crippen molar-refractivity contribution < 1.29 is 27.5 Å². The molecule has 2 unspecified atom stereocenters. The summed E-state index contributed by atoms with van der Waals surface area (Å²) in [5.74, 6) is -0.682. The van der Waals surface area contributed by atoms with Gasteiger partial charge in [0, 0.05) is 30.2 Å². The highest BCUT2D eigenvalue weighted by Gasteiger charge is 2.35. The van der Waals surface area contributed by atoms with Gasteiger partial charge in [-0.2, -0.15) is 4.31 Å². The van der Waals surface area contributed by atoms with Crippen molar-refractivity contribution in [3.63, 3.8) is 0 Å². The molecule has 3 atom stereocenters. The number of hydrogen-bond acceptors (Lipinski definition) is 7. The molecule has 204 valence electrons. The van der Waals surface area contributed by atoms with Crippen molar-refractivity contribution >= 4 is 32.8 Å². The van der Waals surface area contributed by atoms with Gasteiger partial charge in [0.05, 0.1) is 12.1 Å². The third-order valence-corrected chi connectivity index (χ3v) is 8.51. The van der Waals surface area contributed by atoms with Crippen LogP contribution in [0.2, 0.25) is 0 Å². The topological polar surface area (TPSA) is 142 Å². The van der Waals surface area contributed by atoms with Crippen molar-refractivity contribution in [3.05, 3.63) is 60.0 Å². The van der Waals surface area contributed by atoms with Crippen LogP contribution in [0.15, 0.2) is 58.1 Å². The number of pyridine rings is 1. The van der Waals surface area contributed by atoms with Gasteiger partial charge in [-0.25, -0.2) is 13.4 Å². The van der Waals surface area contributed by atoms with E-state index in [1.54, 1.807) is 25.1 Å². The molecular formula is C27H34N4O6S. The zero-order valence-electron chi connectivity index (χ0n) is 21.8. The van der Waals surface area contributed by atoms with Crippen LogP contribution in [0.4, 0.5) is 0 Å². The van der Waals surface area contributed by atoms with Crippen molar-refractivity contribution in [3.8, 4) is 0 Å². The molecule has 0 radical (unpaired) electrons. The second kappa shape index (κ2) is 11.6. The predicted molar refractivity (Wildman–Crippen MR) is 142 cm³/mol. The summed E-state index contributed by atoms with van der Waals surface area (Å²) in [6.07, 6.45) is 1.47. The lowest BCUT2D eigenvalue weighted by molar-refractivity contribution is -0.125. The first kappa shape index (κ1) is 27.7. The third kappa shape index (κ3) is 6.06. The second-order valence-electron chi connectivity index (χ2n) is 10.1. The Morgan fingerprint density at radius 1 is 1.18 bits per heavy atom. The summed E-state index contributed by atoms with van der Waals surface area (Å²) in [5.41, 5.74) is 1.28. The summed E-state index contributed by atoms with van der Waals surface area (Å²) < 4.78 is 33.0. The molecule has 0 spiro atoms. The number of nitrogens with zero attached hydrogens (tertiary/aromatic N) is 2. The van der Waals surface area contributed by atoms with Gasteiger partial charge in [-0.3, -0.25) is 9.59 Å². The molecule has 0 saturated carbocycles. The number of carbonyl (C=O) groups is 2. The molecule has 1 fully saturated rings. The molecule has 3 heterocycles. The monoisotopic (exact) mass is 542 g/mol. The number of nitrogens with one attached hydrogen (secondary N) is 2. The highest BCUT2D eigenvalue weighted by molar-refractivity contribution is 7.89. The minimum absolute atomic E-state index is 0.0877. The Morgan fingerprint density at radius 2 is 1.92 bits per heavy atom. The van der Waals surface area contributed by atoms with Crippen molar-refractivity contribution in [2.75, 3.05) is 13.1 Å². The van der Waals surface area contributed by atoms with Crippen molar-refractivity contribution in [2.24, 2.45) is 5.92 Å². The van der Waals surface area contributed by atoms with Gasteiger partial charge < -0.3 is 20.2 Å². The number of aliphatic hydroxyl groups excluding tert-OH is 1. The molecule has 2 aromatic heterocycles. The van der Waals surface area contributed by atoms with E-state index >= 15 is 0 Å². The highest BCUT2D eigenvalue weighted by Crippen LogP contribution is 2.25. The van der Waals surface area contributed by atoms with E-state index in [2.05, 4.69) is 15.6 Å². The number of rotatable bonds is 8. The van der Waals surface area contributed by atoms with Gasteiger partial charge in [0.25, 0.3) is 15.9 Å². The SMILES string of the molecule is Cc1c(C(=O)N[C@@H](CC(C)C)C(=O)NC2CCCN(S(=O)(=O)c3ccccn3)CC2O)oc2ccccc12. The second-order valence-corrected chi connectivity index (χ2v) is 11.9. The molecule has 10 nitrogen and oxygen atoms in total. The number of fused-ring (bicyclic) bond motifs is 1. The molecule has 1 aliphatic heterocycles. The van der Waals surface area contributed by atoms with Crippen molar-refractivity contribution in [1.29, 1.82) is 0 Å². The predicted octanol–water partition coefficient (Wildman–Crippen LogP) is 2.61. The van der Waals surface area contributed by atoms with Crippen LogP contribution >= 0.6 is 0 Å². The quantitative estimate of drug-likeness (QED) is 0.397. The molecule has 0 aliphatic carbocycles. The Bertz CT molecular complexity index is 1390. The van der Waals surface area contributed by atoms with Gasteiger partial charge in [0.1, 0.15) is 11.6 Å². The Kier molecular flexibility index (Phi) is 8.49. The van der Waals surface area contributed by atoms with Gasteiger partial charge in [-0.15, -0.1) is 0 Å². The molecule has 3 N–H and O–H groups in total. The number of benzene rings is 1. The molecule has 1 aliphatic rings. The van der Waals surface area contributed by atoms with Crippen LogP contribution in [0.3, 0.4) is 0 Å². The normalized spacial score (nSPS) is 19.7. The van der Waals surface area contributed by atoms with E-state index in [9.17, 15) is 23.1 Å². The number of β-amino-alcohol motifs (C(OH)–C–C–N with tert-alkyl or cyclic N) is 1. The van der Waals surface area contributed by atoms with Crippen LogP contribution in [0, 0.1) is 12.8 Å². The number of sulfonamides is 1. The lowest BCUT2D eigenvalue weighted by atomic mass is 10.0. The van der Waals surface area contributed by atoms with Crippen LogP contribution in [0.5, 0.6) is 0 Å². The van der Waals surface area contributed by atoms with Crippen molar-refractivity contribution in [2.45, 2.75) is 63.2 Å². The van der Waals surface area contributed by atoms with E-state index in [4.69, 9.17) is 4.42 Å². The van der Waals surface area contributed by atoms with E-state index < -0.39 is 40.0 Å². The molecule has 1 aromatic carbocycles. The smallest absolute Gasteiger partial charge is 0.287 e. The summed E-state index contributed by atoms with van der Waals surface area (Å²) in [6.45, 7) is 5.70. The van der Waals surface area contributed by atoms with Gasteiger partial charge in [-0.1, -0.05) is 38.1 Å². The summed E-state index contributed by atoms with van der Waals surface area (Å²) in [6, 6.07) is 10.4. The molecule has 11 heteroatoms. The average molecular weight is 543 g/mol. The lowest BCUT2D eigenvalue weighted by Crippen LogP contribution is -2.54. The van der Waals surface area contributed by atoms with Gasteiger partial charge in [0.15, 0.2) is 10.8 Å². The first-order valence-electron chi connectivity index (χ1n) is 12.8. The minimum atomic E-state index is -3.88. The standard InChI is InChI=1S/C27H34N4O6S/c1-17(2)15-21(30-27(34)25-18(3)19-9-4-5-11-23(19)37-25)26(33)29-20-10-8-14-31(16-22(20)32)38(35,36)24-12-6-7-13-28-24/h4-7,9,11-13,17,20-22,32H,8,10,14-16H2,1-3H3,(H,29,33)(H,30,34)/t20?,21-,22?/m0/s1. The summed E-state index contributed by atoms with van der Waals surface area (Å²) >= 11 is 0. The number of carbonyl (C=O) groups excluding carboxylic acids is 2. The molecule has 2 amide bonds. The number of aliphatic hydroxyl groups is 1. The maximum absolute atomic E-state index is 13.3. The highest BCUT2D eigenvalue weighted by atomic mass is 32.2. The number of aryl methyl sites for hydroxylation is 1. The van der Waals surface area contributed by atoms with Crippen molar-refractivity contribution in [1.82, 2.24) is 19.9 Å². The molecular weight excluding hydrogens is 508 g/mol. The maximum Gasteiger partial charge on any atom is 0.287 e. The Balaban J connectivity index is 1.45. The van der Waals surface area contributed by atoms with Crippen LogP contribution in [0.1, 0.15) is 49.2 Å². The lowest BCUT2D eigenvalue weighted by Gasteiger charge is -2.27. The minimum Gasteiger partial charge on any atom is -0.451 e. The van der Waals surface area contributed by atoms with E-state index in [0.717, 1.165) is 5.39 Å². The summed E-state index contributed by atoms with van der Waals surface area (Å²) in [5, 5.41) is 17.3. The fourth-order valence-electron chi connectivity index (χ4n) is 4.73. The van der Waals surface area contributed by atoms with Gasteiger partial charge in [0.2, 0.25) is 5.91 Å². The summed E-state index contributed by atoms with van der Waals surface area (Å²) in [4.78, 5) is 30.4. The molecule has 0 bridgehead atoms. The van der Waals surface area contributed by atoms with E-state index in [1.807, 2.05) is 32.0 Å². The van der Waals surface area contributed by atoms with E-state index in [-0.39, 0.29) is 29.8 Å². The van der Waals surface area contributed by atoms with Crippen LogP contribution in [-0.2, 0) is 14.8 Å². The fourth-order valence-corrected chi connectivity index (χ4v) is 6.15. The number of aromatic nitrogens is 1. The molecule has 1 saturated heterocycles. The maximum atomic E-state index is 13.3. The zero-order valence-corrected chi connectivity index (χ0v) is 22.6. The fraction of sp³-hybridized carbons (Fsp3) is 0.444. The van der Waals surface area contributed by atoms with Crippen LogP contribution < -0.4 is 10.6 Å². The summed E-state index contributed by atoms with van der Waals surface area (Å²) in [7, 11) is -3.88. The van der Waals surface area contributed by atoms with Crippen LogP contribution in [0.25, 0.3) is 11.0 Å². The van der Waals surface area contributed by atoms with E-state index in [0.29, 0.717) is 30.4 Å². The van der Waals surface area contributed by atoms with Gasteiger partial charge >= 0.3 is 0 Å². The number of amides is 2. The van der Waals surface area contributed by atoms with Crippen LogP contribution in [-0.4, -0.2) is 65.9 Å². The molecule has 3 aromatic rings. The zero-order chi connectivity index (χ0) is 27.4. The number of hydrogen-bond donors (Lipinski definition) is 3. The first-order valence-corrected chi connectivity index (χ1v) is 14.2. The third-order valence-electron chi connectivity index (χ3n) is 6.73. The Hall–Kier alpha value is -3.28. The molecule has 38 heavy (non-hydrogen) atoms. The number of para-hydroxylation sites is 1. The Labute approximate surface area is 222 Å². The van der Waals surface area contributed by atoms with E-state index in [1.165, 1.54) is 16.6 Å². The molecule has 4 rings (SSSR count). The average Bonchev–Trinajstić information content (AvgIpc) is 3.11. The number of furan rings is 1.